The van der Waals surface area contributed by atoms with E-state index in [0.717, 1.165) is 25.1 Å². The summed E-state index contributed by atoms with van der Waals surface area (Å²) in [5, 5.41) is 8.56. The summed E-state index contributed by atoms with van der Waals surface area (Å²) in [6, 6.07) is 10.6. The van der Waals surface area contributed by atoms with Gasteiger partial charge in [-0.05, 0) is 31.2 Å². The van der Waals surface area contributed by atoms with Gasteiger partial charge in [0.15, 0.2) is 0 Å². The second-order valence-corrected chi connectivity index (χ2v) is 5.57. The van der Waals surface area contributed by atoms with Crippen LogP contribution in [0.25, 0.3) is 0 Å². The fourth-order valence-electron chi connectivity index (χ4n) is 2.87. The first kappa shape index (κ1) is 13.3. The van der Waals surface area contributed by atoms with Gasteiger partial charge in [-0.25, -0.2) is 4.68 Å². The van der Waals surface area contributed by atoms with Crippen LogP contribution < -0.4 is 5.73 Å². The molecule has 20 heavy (non-hydrogen) atoms. The molecule has 0 bridgehead atoms. The van der Waals surface area contributed by atoms with Gasteiger partial charge < -0.3 is 5.73 Å². The maximum absolute atomic E-state index is 5.78. The molecule has 0 saturated heterocycles. The van der Waals surface area contributed by atoms with Gasteiger partial charge in [-0.1, -0.05) is 42.0 Å². The second kappa shape index (κ2) is 6.18. The Labute approximate surface area is 120 Å². The molecule has 0 spiro atoms. The molecule has 1 aliphatic rings. The molecule has 1 aromatic carbocycles. The van der Waals surface area contributed by atoms with E-state index in [1.54, 1.807) is 0 Å². The molecule has 0 unspecified atom stereocenters. The van der Waals surface area contributed by atoms with Crippen molar-refractivity contribution in [1.82, 2.24) is 15.0 Å². The summed E-state index contributed by atoms with van der Waals surface area (Å²) >= 11 is 0. The molecule has 2 aromatic rings. The molecule has 4 heteroatoms. The van der Waals surface area contributed by atoms with E-state index in [1.807, 2.05) is 0 Å². The second-order valence-electron chi connectivity index (χ2n) is 5.57. The normalized spacial score (nSPS) is 15.2. The summed E-state index contributed by atoms with van der Waals surface area (Å²) in [6.45, 7) is 1.44. The summed E-state index contributed by atoms with van der Waals surface area (Å²) < 4.78 is 2.09. The van der Waals surface area contributed by atoms with Crippen LogP contribution in [0, 0.1) is 0 Å². The minimum absolute atomic E-state index is 0.504. The first-order chi connectivity index (χ1) is 9.88. The molecule has 3 rings (SSSR count). The molecule has 1 aromatic heterocycles. The monoisotopic (exact) mass is 270 g/mol. The summed E-state index contributed by atoms with van der Waals surface area (Å²) in [5.74, 6) is 0.639. The average molecular weight is 270 g/mol. The Morgan fingerprint density at radius 2 is 2.00 bits per heavy atom. The van der Waals surface area contributed by atoms with Crippen molar-refractivity contribution in [2.45, 2.75) is 51.1 Å². The van der Waals surface area contributed by atoms with Crippen molar-refractivity contribution >= 4 is 0 Å². The lowest BCUT2D eigenvalue weighted by molar-refractivity contribution is 0.382. The van der Waals surface area contributed by atoms with Gasteiger partial charge in [-0.2, -0.15) is 0 Å². The number of hydrogen-bond donors (Lipinski definition) is 1. The number of aromatic nitrogens is 3. The van der Waals surface area contributed by atoms with Crippen molar-refractivity contribution in [2.75, 3.05) is 0 Å². The highest BCUT2D eigenvalue weighted by molar-refractivity contribution is 5.18. The SMILES string of the molecule is NCc1nnn(CCCc2ccccc2)c1C1CCC1. The zero-order valence-electron chi connectivity index (χ0n) is 11.8. The summed E-state index contributed by atoms with van der Waals surface area (Å²) in [7, 11) is 0. The summed E-state index contributed by atoms with van der Waals surface area (Å²) in [4.78, 5) is 0. The molecule has 1 saturated carbocycles. The van der Waals surface area contributed by atoms with Crippen molar-refractivity contribution in [3.63, 3.8) is 0 Å². The van der Waals surface area contributed by atoms with E-state index in [4.69, 9.17) is 5.73 Å². The molecule has 106 valence electrons. The first-order valence-corrected chi connectivity index (χ1v) is 7.54. The Morgan fingerprint density at radius 3 is 2.65 bits per heavy atom. The molecule has 0 atom stereocenters. The molecular formula is C16H22N4. The molecule has 0 amide bonds. The number of aryl methyl sites for hydroxylation is 2. The van der Waals surface area contributed by atoms with Crippen molar-refractivity contribution < 1.29 is 0 Å². The van der Waals surface area contributed by atoms with E-state index in [1.165, 1.54) is 30.5 Å². The minimum Gasteiger partial charge on any atom is -0.325 e. The molecular weight excluding hydrogens is 248 g/mol. The molecule has 0 radical (unpaired) electrons. The van der Waals surface area contributed by atoms with Crippen LogP contribution in [-0.4, -0.2) is 15.0 Å². The Morgan fingerprint density at radius 1 is 1.20 bits per heavy atom. The minimum atomic E-state index is 0.504. The summed E-state index contributed by atoms with van der Waals surface area (Å²) in [6.07, 6.45) is 6.03. The van der Waals surface area contributed by atoms with Crippen LogP contribution in [0.5, 0.6) is 0 Å². The Hall–Kier alpha value is -1.68. The Kier molecular flexibility index (Phi) is 4.11. The topological polar surface area (TPSA) is 56.7 Å². The number of nitrogens with two attached hydrogens (primary N) is 1. The number of nitrogens with zero attached hydrogens (tertiary/aromatic N) is 3. The van der Waals surface area contributed by atoms with Crippen LogP contribution in [0.15, 0.2) is 30.3 Å². The quantitative estimate of drug-likeness (QED) is 0.878. The predicted octanol–water partition coefficient (Wildman–Crippen LogP) is 2.64. The van der Waals surface area contributed by atoms with Crippen molar-refractivity contribution in [1.29, 1.82) is 0 Å². The third kappa shape index (κ3) is 2.75. The van der Waals surface area contributed by atoms with E-state index in [0.29, 0.717) is 12.5 Å². The predicted molar refractivity (Wildman–Crippen MR) is 79.3 cm³/mol. The van der Waals surface area contributed by atoms with E-state index in [2.05, 4.69) is 45.3 Å². The Bertz CT molecular complexity index is 543. The van der Waals surface area contributed by atoms with Crippen LogP contribution in [0.4, 0.5) is 0 Å². The number of hydrogen-bond acceptors (Lipinski definition) is 3. The highest BCUT2D eigenvalue weighted by atomic mass is 15.4. The van der Waals surface area contributed by atoms with Crippen molar-refractivity contribution in [3.8, 4) is 0 Å². The van der Waals surface area contributed by atoms with Gasteiger partial charge in [-0.15, -0.1) is 5.10 Å². The lowest BCUT2D eigenvalue weighted by Gasteiger charge is -2.26. The highest BCUT2D eigenvalue weighted by Gasteiger charge is 2.26. The number of benzene rings is 1. The molecule has 1 aliphatic carbocycles. The smallest absolute Gasteiger partial charge is 0.0997 e. The fraction of sp³-hybridized carbons (Fsp3) is 0.500. The van der Waals surface area contributed by atoms with Gasteiger partial charge >= 0.3 is 0 Å². The van der Waals surface area contributed by atoms with E-state index >= 15 is 0 Å². The zero-order chi connectivity index (χ0) is 13.8. The fourth-order valence-corrected chi connectivity index (χ4v) is 2.87. The molecule has 4 nitrogen and oxygen atoms in total. The molecule has 2 N–H and O–H groups in total. The van der Waals surface area contributed by atoms with Gasteiger partial charge in [-0.3, -0.25) is 0 Å². The zero-order valence-corrected chi connectivity index (χ0v) is 11.8. The standard InChI is InChI=1S/C16H22N4/c17-12-15-16(14-9-4-10-14)20(19-18-15)11-5-8-13-6-2-1-3-7-13/h1-3,6-7,14H,4-5,8-12,17H2. The van der Waals surface area contributed by atoms with Gasteiger partial charge in [0.2, 0.25) is 0 Å². The van der Waals surface area contributed by atoms with Gasteiger partial charge in [0.1, 0.15) is 0 Å². The van der Waals surface area contributed by atoms with Crippen LogP contribution in [0.3, 0.4) is 0 Å². The van der Waals surface area contributed by atoms with Crippen LogP contribution in [0.2, 0.25) is 0 Å². The largest absolute Gasteiger partial charge is 0.325 e. The van der Waals surface area contributed by atoms with Crippen LogP contribution in [0.1, 0.15) is 48.6 Å². The lowest BCUT2D eigenvalue weighted by atomic mass is 9.82. The Balaban J connectivity index is 1.63. The highest BCUT2D eigenvalue weighted by Crippen LogP contribution is 2.37. The van der Waals surface area contributed by atoms with E-state index < -0.39 is 0 Å². The third-order valence-corrected chi connectivity index (χ3v) is 4.21. The lowest BCUT2D eigenvalue weighted by Crippen LogP contribution is -2.18. The molecule has 1 heterocycles. The van der Waals surface area contributed by atoms with E-state index in [9.17, 15) is 0 Å². The number of rotatable bonds is 6. The average Bonchev–Trinajstić information content (AvgIpc) is 2.81. The van der Waals surface area contributed by atoms with E-state index in [-0.39, 0.29) is 0 Å². The summed E-state index contributed by atoms with van der Waals surface area (Å²) in [5.41, 5.74) is 9.46. The van der Waals surface area contributed by atoms with Gasteiger partial charge in [0.05, 0.1) is 11.4 Å². The van der Waals surface area contributed by atoms with Gasteiger partial charge in [0, 0.05) is 19.0 Å². The van der Waals surface area contributed by atoms with Crippen molar-refractivity contribution in [2.24, 2.45) is 5.73 Å². The molecule has 0 aliphatic heterocycles. The van der Waals surface area contributed by atoms with Crippen LogP contribution in [-0.2, 0) is 19.5 Å². The third-order valence-electron chi connectivity index (χ3n) is 4.21. The first-order valence-electron chi connectivity index (χ1n) is 7.54. The van der Waals surface area contributed by atoms with Crippen LogP contribution >= 0.6 is 0 Å². The molecule has 1 fully saturated rings. The maximum Gasteiger partial charge on any atom is 0.0997 e. The van der Waals surface area contributed by atoms with Crippen molar-refractivity contribution in [3.05, 3.63) is 47.3 Å². The van der Waals surface area contributed by atoms with Gasteiger partial charge in [0.25, 0.3) is 0 Å². The maximum atomic E-state index is 5.78.